The average Bonchev–Trinajstić information content (AvgIpc) is 1.92. The molecule has 1 aliphatic rings. The van der Waals surface area contributed by atoms with Gasteiger partial charge in [0.15, 0.2) is 0 Å². The molecule has 0 bridgehead atoms. The SMILES string of the molecule is CC1C=CC=CC1(C)CC(C)(C)O. The summed E-state index contributed by atoms with van der Waals surface area (Å²) >= 11 is 0. The molecule has 0 aromatic rings. The first-order valence-electron chi connectivity index (χ1n) is 4.92. The van der Waals surface area contributed by atoms with Crippen LogP contribution >= 0.6 is 0 Å². The Kier molecular flexibility index (Phi) is 2.67. The van der Waals surface area contributed by atoms with Crippen LogP contribution in [0.3, 0.4) is 0 Å². The van der Waals surface area contributed by atoms with Crippen LogP contribution < -0.4 is 0 Å². The van der Waals surface area contributed by atoms with Gasteiger partial charge in [-0.05, 0) is 31.6 Å². The predicted molar refractivity (Wildman–Crippen MR) is 56.5 cm³/mol. The number of hydrogen-bond acceptors (Lipinski definition) is 1. The molecule has 74 valence electrons. The van der Waals surface area contributed by atoms with Crippen LogP contribution in [0, 0.1) is 11.3 Å². The molecule has 0 saturated carbocycles. The zero-order valence-corrected chi connectivity index (χ0v) is 9.04. The third-order valence-electron chi connectivity index (χ3n) is 2.84. The van der Waals surface area contributed by atoms with Crippen molar-refractivity contribution in [2.75, 3.05) is 0 Å². The van der Waals surface area contributed by atoms with Crippen molar-refractivity contribution in [3.8, 4) is 0 Å². The second-order valence-electron chi connectivity index (χ2n) is 5.03. The third kappa shape index (κ3) is 2.70. The molecule has 13 heavy (non-hydrogen) atoms. The first kappa shape index (κ1) is 10.5. The summed E-state index contributed by atoms with van der Waals surface area (Å²) in [5.74, 6) is 0.504. The molecular weight excluding hydrogens is 160 g/mol. The van der Waals surface area contributed by atoms with Crippen molar-refractivity contribution in [3.63, 3.8) is 0 Å². The molecule has 0 heterocycles. The summed E-state index contributed by atoms with van der Waals surface area (Å²) in [6.07, 6.45) is 9.37. The van der Waals surface area contributed by atoms with Gasteiger partial charge in [0.05, 0.1) is 5.60 Å². The van der Waals surface area contributed by atoms with Crippen molar-refractivity contribution >= 4 is 0 Å². The van der Waals surface area contributed by atoms with Crippen LogP contribution in [-0.2, 0) is 0 Å². The molecule has 2 atom stereocenters. The van der Waals surface area contributed by atoms with Gasteiger partial charge in [-0.1, -0.05) is 38.2 Å². The standard InChI is InChI=1S/C12H20O/c1-10-7-5-6-8-12(10,4)9-11(2,3)13/h5-8,10,13H,9H2,1-4H3. The molecule has 0 spiro atoms. The quantitative estimate of drug-likeness (QED) is 0.692. The maximum Gasteiger partial charge on any atom is 0.0600 e. The van der Waals surface area contributed by atoms with Crippen molar-refractivity contribution in [2.24, 2.45) is 11.3 Å². The summed E-state index contributed by atoms with van der Waals surface area (Å²) in [5, 5.41) is 9.79. The van der Waals surface area contributed by atoms with Gasteiger partial charge in [0.25, 0.3) is 0 Å². The first-order chi connectivity index (χ1) is 5.83. The lowest BCUT2D eigenvalue weighted by molar-refractivity contribution is 0.0301. The van der Waals surface area contributed by atoms with Crippen LogP contribution in [0.25, 0.3) is 0 Å². The molecule has 0 fully saturated rings. The molecule has 1 rings (SSSR count). The number of hydrogen-bond donors (Lipinski definition) is 1. The predicted octanol–water partition coefficient (Wildman–Crippen LogP) is 2.92. The largest absolute Gasteiger partial charge is 0.390 e. The van der Waals surface area contributed by atoms with E-state index in [0.29, 0.717) is 5.92 Å². The average molecular weight is 180 g/mol. The molecule has 0 radical (unpaired) electrons. The van der Waals surface area contributed by atoms with Gasteiger partial charge in [0, 0.05) is 0 Å². The molecule has 1 heteroatoms. The van der Waals surface area contributed by atoms with Crippen molar-refractivity contribution in [3.05, 3.63) is 24.3 Å². The highest BCUT2D eigenvalue weighted by Gasteiger charge is 2.33. The molecule has 2 unspecified atom stereocenters. The maximum absolute atomic E-state index is 9.79. The van der Waals surface area contributed by atoms with E-state index in [9.17, 15) is 5.11 Å². The number of allylic oxidation sites excluding steroid dienone is 4. The molecular formula is C12H20O. The van der Waals surface area contributed by atoms with Gasteiger partial charge in [0.2, 0.25) is 0 Å². The molecule has 0 saturated heterocycles. The molecule has 0 aromatic heterocycles. The molecule has 1 N–H and O–H groups in total. The van der Waals surface area contributed by atoms with E-state index in [2.05, 4.69) is 38.2 Å². The van der Waals surface area contributed by atoms with E-state index in [1.807, 2.05) is 13.8 Å². The van der Waals surface area contributed by atoms with E-state index in [-0.39, 0.29) is 5.41 Å². The lowest BCUT2D eigenvalue weighted by Gasteiger charge is -2.37. The zero-order chi connectivity index (χ0) is 10.1. The fourth-order valence-corrected chi connectivity index (χ4v) is 2.03. The Hall–Kier alpha value is -0.560. The Morgan fingerprint density at radius 2 is 2.00 bits per heavy atom. The summed E-state index contributed by atoms with van der Waals surface area (Å²) in [4.78, 5) is 0. The van der Waals surface area contributed by atoms with E-state index >= 15 is 0 Å². The highest BCUT2D eigenvalue weighted by atomic mass is 16.3. The molecule has 0 amide bonds. The van der Waals surface area contributed by atoms with Crippen LogP contribution in [0.15, 0.2) is 24.3 Å². The van der Waals surface area contributed by atoms with E-state index in [1.54, 1.807) is 0 Å². The molecule has 0 aliphatic heterocycles. The topological polar surface area (TPSA) is 20.2 Å². The van der Waals surface area contributed by atoms with E-state index in [0.717, 1.165) is 6.42 Å². The van der Waals surface area contributed by atoms with Crippen molar-refractivity contribution in [1.29, 1.82) is 0 Å². The Bertz CT molecular complexity index is 232. The van der Waals surface area contributed by atoms with Crippen LogP contribution in [0.4, 0.5) is 0 Å². The Balaban J connectivity index is 2.76. The van der Waals surface area contributed by atoms with E-state index in [4.69, 9.17) is 0 Å². The third-order valence-corrected chi connectivity index (χ3v) is 2.84. The minimum atomic E-state index is -0.585. The summed E-state index contributed by atoms with van der Waals surface area (Å²) in [7, 11) is 0. The normalized spacial score (nSPS) is 33.8. The van der Waals surface area contributed by atoms with Gasteiger partial charge >= 0.3 is 0 Å². The van der Waals surface area contributed by atoms with Crippen molar-refractivity contribution < 1.29 is 5.11 Å². The van der Waals surface area contributed by atoms with Gasteiger partial charge in [-0.3, -0.25) is 0 Å². The Morgan fingerprint density at radius 3 is 2.46 bits per heavy atom. The summed E-state index contributed by atoms with van der Waals surface area (Å²) in [6, 6.07) is 0. The Morgan fingerprint density at radius 1 is 1.38 bits per heavy atom. The fraction of sp³-hybridized carbons (Fsp3) is 0.667. The maximum atomic E-state index is 9.79. The number of rotatable bonds is 2. The minimum Gasteiger partial charge on any atom is -0.390 e. The molecule has 1 aliphatic carbocycles. The zero-order valence-electron chi connectivity index (χ0n) is 9.04. The van der Waals surface area contributed by atoms with Gasteiger partial charge in [-0.15, -0.1) is 0 Å². The van der Waals surface area contributed by atoms with Crippen LogP contribution in [0.5, 0.6) is 0 Å². The Labute approximate surface area is 81.2 Å². The highest BCUT2D eigenvalue weighted by molar-refractivity contribution is 5.18. The molecule has 0 aromatic carbocycles. The van der Waals surface area contributed by atoms with Crippen LogP contribution in [-0.4, -0.2) is 10.7 Å². The fourth-order valence-electron chi connectivity index (χ4n) is 2.03. The summed E-state index contributed by atoms with van der Waals surface area (Å²) < 4.78 is 0. The van der Waals surface area contributed by atoms with Crippen LogP contribution in [0.1, 0.15) is 34.1 Å². The second-order valence-corrected chi connectivity index (χ2v) is 5.03. The van der Waals surface area contributed by atoms with Gasteiger partial charge in [0.1, 0.15) is 0 Å². The van der Waals surface area contributed by atoms with Crippen LogP contribution in [0.2, 0.25) is 0 Å². The lowest BCUT2D eigenvalue weighted by atomic mass is 9.69. The summed E-state index contributed by atoms with van der Waals surface area (Å²) in [6.45, 7) is 8.15. The van der Waals surface area contributed by atoms with Gasteiger partial charge < -0.3 is 5.11 Å². The lowest BCUT2D eigenvalue weighted by Crippen LogP contribution is -2.33. The molecule has 1 nitrogen and oxygen atoms in total. The van der Waals surface area contributed by atoms with Gasteiger partial charge in [-0.25, -0.2) is 0 Å². The van der Waals surface area contributed by atoms with Crippen molar-refractivity contribution in [2.45, 2.75) is 39.7 Å². The second kappa shape index (κ2) is 3.30. The smallest absolute Gasteiger partial charge is 0.0600 e. The van der Waals surface area contributed by atoms with Gasteiger partial charge in [-0.2, -0.15) is 0 Å². The van der Waals surface area contributed by atoms with E-state index in [1.165, 1.54) is 0 Å². The first-order valence-corrected chi connectivity index (χ1v) is 4.92. The highest BCUT2D eigenvalue weighted by Crippen LogP contribution is 2.39. The summed E-state index contributed by atoms with van der Waals surface area (Å²) in [5.41, 5.74) is -0.481. The minimum absolute atomic E-state index is 0.104. The number of aliphatic hydroxyl groups is 1. The monoisotopic (exact) mass is 180 g/mol. The van der Waals surface area contributed by atoms with Crippen molar-refractivity contribution in [1.82, 2.24) is 0 Å². The van der Waals surface area contributed by atoms with E-state index < -0.39 is 5.60 Å².